The second-order valence-corrected chi connectivity index (χ2v) is 7.63. The van der Waals surface area contributed by atoms with E-state index in [0.29, 0.717) is 21.8 Å². The first-order valence-corrected chi connectivity index (χ1v) is 10.0. The zero-order valence-electron chi connectivity index (χ0n) is 16.9. The van der Waals surface area contributed by atoms with E-state index in [1.807, 2.05) is 6.92 Å². The van der Waals surface area contributed by atoms with Gasteiger partial charge >= 0.3 is 0 Å². The summed E-state index contributed by atoms with van der Waals surface area (Å²) in [5.41, 5.74) is 2.60. The molecular weight excluding hydrogens is 432 g/mol. The maximum absolute atomic E-state index is 13.3. The van der Waals surface area contributed by atoms with E-state index < -0.39 is 16.7 Å². The van der Waals surface area contributed by atoms with E-state index in [0.717, 1.165) is 10.5 Å². The van der Waals surface area contributed by atoms with Crippen molar-refractivity contribution < 1.29 is 14.5 Å². The third-order valence-electron chi connectivity index (χ3n) is 5.06. The van der Waals surface area contributed by atoms with Gasteiger partial charge in [0, 0.05) is 35.2 Å². The average molecular weight is 449 g/mol. The van der Waals surface area contributed by atoms with Crippen molar-refractivity contribution in [2.45, 2.75) is 13.5 Å². The number of pyridine rings is 1. The molecule has 0 bridgehead atoms. The molecule has 3 aromatic rings. The van der Waals surface area contributed by atoms with Gasteiger partial charge in [-0.15, -0.1) is 0 Å². The largest absolute Gasteiger partial charge is 0.350 e. The van der Waals surface area contributed by atoms with E-state index >= 15 is 0 Å². The number of hydrogen-bond acceptors (Lipinski definition) is 6. The predicted molar refractivity (Wildman–Crippen MR) is 120 cm³/mol. The fraction of sp³-hybridized carbons (Fsp3) is 0.0870. The first-order valence-electron chi connectivity index (χ1n) is 9.62. The van der Waals surface area contributed by atoms with Crippen LogP contribution in [0.5, 0.6) is 0 Å². The number of nitrogens with zero attached hydrogens (tertiary/aromatic N) is 3. The summed E-state index contributed by atoms with van der Waals surface area (Å²) < 4.78 is 0. The summed E-state index contributed by atoms with van der Waals surface area (Å²) in [5, 5.41) is 14.6. The summed E-state index contributed by atoms with van der Waals surface area (Å²) in [6.45, 7) is 1.89. The number of imide groups is 1. The van der Waals surface area contributed by atoms with Crippen molar-refractivity contribution in [1.82, 2.24) is 9.88 Å². The Labute approximate surface area is 188 Å². The number of amides is 2. The molecule has 2 heterocycles. The molecule has 1 aromatic heterocycles. The Hall–Kier alpha value is -4.04. The summed E-state index contributed by atoms with van der Waals surface area (Å²) in [6, 6.07) is 14.2. The van der Waals surface area contributed by atoms with Gasteiger partial charge in [-0.05, 0) is 53.9 Å². The number of anilines is 1. The van der Waals surface area contributed by atoms with E-state index in [2.05, 4.69) is 10.3 Å². The second-order valence-electron chi connectivity index (χ2n) is 7.20. The lowest BCUT2D eigenvalue weighted by Crippen LogP contribution is -2.32. The number of nitro benzene ring substituents is 1. The van der Waals surface area contributed by atoms with Crippen LogP contribution in [0.2, 0.25) is 5.02 Å². The number of rotatable bonds is 6. The number of carbonyl (C=O) groups excluding carboxylic acids is 2. The molecule has 0 spiro atoms. The molecule has 4 rings (SSSR count). The SMILES string of the molecule is Cc1ccc(Cl)cc1NC1=C(c2ccc([N+](=O)[O-])cc2)C(=O)N(Cc2cccnc2)C1=O. The molecule has 0 radical (unpaired) electrons. The van der Waals surface area contributed by atoms with Crippen LogP contribution in [0.3, 0.4) is 0 Å². The molecule has 32 heavy (non-hydrogen) atoms. The van der Waals surface area contributed by atoms with Gasteiger partial charge < -0.3 is 5.32 Å². The van der Waals surface area contributed by atoms with Crippen molar-refractivity contribution in [3.63, 3.8) is 0 Å². The lowest BCUT2D eigenvalue weighted by molar-refractivity contribution is -0.384. The molecule has 0 fully saturated rings. The number of aryl methyl sites for hydroxylation is 1. The molecule has 2 aromatic carbocycles. The number of non-ortho nitro benzene ring substituents is 1. The zero-order chi connectivity index (χ0) is 22.8. The standard InChI is InChI=1S/C23H17ClN4O4/c1-14-4-7-17(24)11-19(14)26-21-20(16-5-8-18(9-6-16)28(31)32)22(29)27(23(21)30)13-15-3-2-10-25-12-15/h2-12,26H,13H2,1H3. The fourth-order valence-electron chi connectivity index (χ4n) is 3.39. The summed E-state index contributed by atoms with van der Waals surface area (Å²) in [7, 11) is 0. The van der Waals surface area contributed by atoms with Gasteiger partial charge in [0.25, 0.3) is 17.5 Å². The van der Waals surface area contributed by atoms with E-state index in [1.165, 1.54) is 24.3 Å². The van der Waals surface area contributed by atoms with Gasteiger partial charge in [-0.25, -0.2) is 0 Å². The molecule has 1 N–H and O–H groups in total. The monoisotopic (exact) mass is 448 g/mol. The third kappa shape index (κ3) is 4.08. The van der Waals surface area contributed by atoms with Crippen LogP contribution < -0.4 is 5.32 Å². The van der Waals surface area contributed by atoms with Crippen LogP contribution in [-0.2, 0) is 16.1 Å². The summed E-state index contributed by atoms with van der Waals surface area (Å²) in [4.78, 5) is 42.3. The molecule has 160 valence electrons. The van der Waals surface area contributed by atoms with Crippen LogP contribution in [0.25, 0.3) is 5.57 Å². The van der Waals surface area contributed by atoms with Crippen LogP contribution in [0.15, 0.2) is 72.7 Å². The number of hydrogen-bond donors (Lipinski definition) is 1. The van der Waals surface area contributed by atoms with Crippen molar-refractivity contribution in [3.8, 4) is 0 Å². The molecule has 0 unspecified atom stereocenters. The Balaban J connectivity index is 1.78. The van der Waals surface area contributed by atoms with Crippen molar-refractivity contribution in [2.24, 2.45) is 0 Å². The van der Waals surface area contributed by atoms with Crippen LogP contribution in [0, 0.1) is 17.0 Å². The highest BCUT2D eigenvalue weighted by atomic mass is 35.5. The minimum absolute atomic E-state index is 0.0433. The topological polar surface area (TPSA) is 105 Å². The van der Waals surface area contributed by atoms with Crippen LogP contribution in [-0.4, -0.2) is 26.6 Å². The molecule has 9 heteroatoms. The number of halogens is 1. The van der Waals surface area contributed by atoms with Crippen molar-refractivity contribution in [3.05, 3.63) is 105 Å². The molecular formula is C23H17ClN4O4. The summed E-state index contributed by atoms with van der Waals surface area (Å²) >= 11 is 6.11. The Morgan fingerprint density at radius 3 is 2.50 bits per heavy atom. The Morgan fingerprint density at radius 1 is 1.09 bits per heavy atom. The molecule has 1 aliphatic heterocycles. The molecule has 0 aliphatic carbocycles. The summed E-state index contributed by atoms with van der Waals surface area (Å²) in [6.07, 6.45) is 3.19. The third-order valence-corrected chi connectivity index (χ3v) is 5.29. The number of nitrogens with one attached hydrogen (secondary N) is 1. The lowest BCUT2D eigenvalue weighted by Gasteiger charge is -2.15. The van der Waals surface area contributed by atoms with Gasteiger partial charge in [-0.2, -0.15) is 0 Å². The quantitative estimate of drug-likeness (QED) is 0.341. The minimum Gasteiger partial charge on any atom is -0.350 e. The first-order chi connectivity index (χ1) is 15.3. The molecule has 0 atom stereocenters. The van der Waals surface area contributed by atoms with Gasteiger partial charge in [0.2, 0.25) is 0 Å². The van der Waals surface area contributed by atoms with Gasteiger partial charge in [-0.3, -0.25) is 29.6 Å². The van der Waals surface area contributed by atoms with Crippen molar-refractivity contribution >= 4 is 40.4 Å². The van der Waals surface area contributed by atoms with Gasteiger partial charge in [0.1, 0.15) is 5.70 Å². The first kappa shape index (κ1) is 21.2. The molecule has 2 amide bonds. The second kappa shape index (κ2) is 8.60. The Bertz CT molecular complexity index is 1260. The number of benzene rings is 2. The maximum Gasteiger partial charge on any atom is 0.278 e. The van der Waals surface area contributed by atoms with Gasteiger partial charge in [0.15, 0.2) is 0 Å². The van der Waals surface area contributed by atoms with Crippen LogP contribution in [0.1, 0.15) is 16.7 Å². The Kier molecular flexibility index (Phi) is 5.70. The molecule has 0 saturated carbocycles. The molecule has 1 aliphatic rings. The highest BCUT2D eigenvalue weighted by Gasteiger charge is 2.39. The number of carbonyl (C=O) groups is 2. The van der Waals surface area contributed by atoms with Crippen LogP contribution in [0.4, 0.5) is 11.4 Å². The molecule has 8 nitrogen and oxygen atoms in total. The molecule has 0 saturated heterocycles. The average Bonchev–Trinajstić information content (AvgIpc) is 3.01. The van der Waals surface area contributed by atoms with E-state index in [-0.39, 0.29) is 23.5 Å². The fourth-order valence-corrected chi connectivity index (χ4v) is 3.56. The maximum atomic E-state index is 13.3. The van der Waals surface area contributed by atoms with Crippen molar-refractivity contribution in [2.75, 3.05) is 5.32 Å². The smallest absolute Gasteiger partial charge is 0.278 e. The van der Waals surface area contributed by atoms with Gasteiger partial charge in [0.05, 0.1) is 17.0 Å². The van der Waals surface area contributed by atoms with E-state index in [9.17, 15) is 19.7 Å². The van der Waals surface area contributed by atoms with Crippen molar-refractivity contribution in [1.29, 1.82) is 0 Å². The Morgan fingerprint density at radius 2 is 1.84 bits per heavy atom. The van der Waals surface area contributed by atoms with Crippen LogP contribution >= 0.6 is 11.6 Å². The van der Waals surface area contributed by atoms with E-state index in [4.69, 9.17) is 11.6 Å². The normalized spacial score (nSPS) is 13.6. The highest BCUT2D eigenvalue weighted by molar-refractivity contribution is 6.36. The zero-order valence-corrected chi connectivity index (χ0v) is 17.7. The lowest BCUT2D eigenvalue weighted by atomic mass is 10.0. The predicted octanol–water partition coefficient (Wildman–Crippen LogP) is 4.34. The number of aromatic nitrogens is 1. The minimum atomic E-state index is -0.525. The summed E-state index contributed by atoms with van der Waals surface area (Å²) in [5.74, 6) is -1.01. The highest BCUT2D eigenvalue weighted by Crippen LogP contribution is 2.33. The van der Waals surface area contributed by atoms with Gasteiger partial charge in [-0.1, -0.05) is 23.7 Å². The van der Waals surface area contributed by atoms with E-state index in [1.54, 1.807) is 42.7 Å². The number of nitro groups is 1.